The third-order valence-electron chi connectivity index (χ3n) is 2.57. The van der Waals surface area contributed by atoms with Crippen LogP contribution in [0.3, 0.4) is 0 Å². The molecule has 0 saturated heterocycles. The molecular weight excluding hydrogens is 188 g/mol. The molecule has 0 bridgehead atoms. The van der Waals surface area contributed by atoms with E-state index in [4.69, 9.17) is 5.11 Å². The third-order valence-corrected chi connectivity index (χ3v) is 2.57. The minimum Gasteiger partial charge on any atom is -0.478 e. The highest BCUT2D eigenvalue weighted by Gasteiger charge is 2.13. The maximum Gasteiger partial charge on any atom is 0.335 e. The summed E-state index contributed by atoms with van der Waals surface area (Å²) in [6, 6.07) is 10.1. The van der Waals surface area contributed by atoms with Crippen molar-refractivity contribution in [2.75, 3.05) is 0 Å². The number of rotatable bonds is 2. The molecule has 1 unspecified atom stereocenters. The molecule has 0 amide bonds. The van der Waals surface area contributed by atoms with Crippen molar-refractivity contribution in [1.82, 2.24) is 0 Å². The molecule has 0 fully saturated rings. The Bertz CT molecular complexity index is 415. The van der Waals surface area contributed by atoms with Crippen LogP contribution in [0.4, 0.5) is 0 Å². The molecule has 2 rings (SSSR count). The quantitative estimate of drug-likeness (QED) is 0.797. The van der Waals surface area contributed by atoms with E-state index in [0.717, 1.165) is 6.42 Å². The average molecular weight is 200 g/mol. The van der Waals surface area contributed by atoms with E-state index in [0.29, 0.717) is 11.5 Å². The van der Waals surface area contributed by atoms with Gasteiger partial charge >= 0.3 is 5.97 Å². The van der Waals surface area contributed by atoms with Crippen molar-refractivity contribution in [2.24, 2.45) is 0 Å². The molecule has 0 aromatic heterocycles. The van der Waals surface area contributed by atoms with Crippen LogP contribution in [-0.4, -0.2) is 11.1 Å². The lowest BCUT2D eigenvalue weighted by Crippen LogP contribution is -2.04. The highest BCUT2D eigenvalue weighted by Crippen LogP contribution is 2.26. The highest BCUT2D eigenvalue weighted by atomic mass is 16.4. The number of allylic oxidation sites excluding steroid dienone is 2. The van der Waals surface area contributed by atoms with Crippen LogP contribution in [0.5, 0.6) is 0 Å². The zero-order chi connectivity index (χ0) is 10.7. The Morgan fingerprint density at radius 3 is 2.53 bits per heavy atom. The number of benzene rings is 1. The summed E-state index contributed by atoms with van der Waals surface area (Å²) in [6.07, 6.45) is 6.18. The highest BCUT2D eigenvalue weighted by molar-refractivity contribution is 5.90. The number of hydrogen-bond donors (Lipinski definition) is 1. The average Bonchev–Trinajstić information content (AvgIpc) is 2.30. The van der Waals surface area contributed by atoms with Gasteiger partial charge in [-0.1, -0.05) is 48.6 Å². The van der Waals surface area contributed by atoms with E-state index in [1.807, 2.05) is 24.3 Å². The smallest absolute Gasteiger partial charge is 0.335 e. The molecule has 1 aromatic rings. The van der Waals surface area contributed by atoms with E-state index < -0.39 is 5.97 Å². The van der Waals surface area contributed by atoms with Gasteiger partial charge in [0.05, 0.1) is 5.57 Å². The summed E-state index contributed by atoms with van der Waals surface area (Å²) >= 11 is 0. The fraction of sp³-hybridized carbons (Fsp3) is 0.154. The second kappa shape index (κ2) is 4.13. The van der Waals surface area contributed by atoms with Crippen molar-refractivity contribution < 1.29 is 9.90 Å². The standard InChI is InChI=1S/C13H12O2/c14-13(15)12-8-6-11(7-9-12)10-4-2-1-3-5-10/h1-6,8-9,11H,7H2,(H,14,15). The van der Waals surface area contributed by atoms with Crippen molar-refractivity contribution in [2.45, 2.75) is 12.3 Å². The second-order valence-corrected chi connectivity index (χ2v) is 3.58. The molecule has 1 atom stereocenters. The predicted octanol–water partition coefficient (Wildman–Crippen LogP) is 2.74. The molecule has 2 nitrogen and oxygen atoms in total. The fourth-order valence-electron chi connectivity index (χ4n) is 1.73. The maximum atomic E-state index is 10.7. The molecule has 76 valence electrons. The molecule has 1 aromatic carbocycles. The van der Waals surface area contributed by atoms with Crippen LogP contribution in [0.25, 0.3) is 0 Å². The molecule has 15 heavy (non-hydrogen) atoms. The van der Waals surface area contributed by atoms with Gasteiger partial charge in [-0.15, -0.1) is 0 Å². The number of hydrogen-bond acceptors (Lipinski definition) is 1. The first-order valence-corrected chi connectivity index (χ1v) is 4.94. The molecule has 1 N–H and O–H groups in total. The Kier molecular flexibility index (Phi) is 2.68. The van der Waals surface area contributed by atoms with Crippen molar-refractivity contribution in [3.8, 4) is 0 Å². The first-order chi connectivity index (χ1) is 7.27. The fourth-order valence-corrected chi connectivity index (χ4v) is 1.73. The van der Waals surface area contributed by atoms with Gasteiger partial charge in [0.25, 0.3) is 0 Å². The molecule has 1 aliphatic carbocycles. The van der Waals surface area contributed by atoms with E-state index in [1.54, 1.807) is 12.2 Å². The summed E-state index contributed by atoms with van der Waals surface area (Å²) < 4.78 is 0. The van der Waals surface area contributed by atoms with Gasteiger partial charge < -0.3 is 5.11 Å². The molecule has 0 spiro atoms. The number of carboxylic acid groups (broad SMARTS) is 1. The molecule has 0 aliphatic heterocycles. The molecular formula is C13H12O2. The lowest BCUT2D eigenvalue weighted by atomic mass is 9.90. The minimum atomic E-state index is -0.849. The van der Waals surface area contributed by atoms with Gasteiger partial charge in [-0.25, -0.2) is 4.79 Å². The molecule has 0 saturated carbocycles. The molecule has 0 radical (unpaired) electrons. The van der Waals surface area contributed by atoms with Crippen LogP contribution in [0.15, 0.2) is 54.1 Å². The van der Waals surface area contributed by atoms with Crippen LogP contribution in [0.2, 0.25) is 0 Å². The summed E-state index contributed by atoms with van der Waals surface area (Å²) in [5, 5.41) is 8.78. The lowest BCUT2D eigenvalue weighted by Gasteiger charge is -2.14. The Balaban J connectivity index is 2.14. The lowest BCUT2D eigenvalue weighted by molar-refractivity contribution is -0.132. The first kappa shape index (κ1) is 9.71. The summed E-state index contributed by atoms with van der Waals surface area (Å²) in [4.78, 5) is 10.7. The summed E-state index contributed by atoms with van der Waals surface area (Å²) in [5.41, 5.74) is 1.62. The third kappa shape index (κ3) is 2.15. The Hall–Kier alpha value is -1.83. The summed E-state index contributed by atoms with van der Waals surface area (Å²) in [7, 11) is 0. The van der Waals surface area contributed by atoms with Crippen molar-refractivity contribution >= 4 is 5.97 Å². The van der Waals surface area contributed by atoms with Crippen LogP contribution < -0.4 is 0 Å². The largest absolute Gasteiger partial charge is 0.478 e. The van der Waals surface area contributed by atoms with Gasteiger partial charge in [-0.05, 0) is 12.0 Å². The first-order valence-electron chi connectivity index (χ1n) is 4.94. The zero-order valence-electron chi connectivity index (χ0n) is 8.26. The van der Waals surface area contributed by atoms with Gasteiger partial charge in [0.1, 0.15) is 0 Å². The van der Waals surface area contributed by atoms with Crippen molar-refractivity contribution in [3.63, 3.8) is 0 Å². The van der Waals surface area contributed by atoms with E-state index >= 15 is 0 Å². The topological polar surface area (TPSA) is 37.3 Å². The van der Waals surface area contributed by atoms with E-state index in [9.17, 15) is 4.79 Å². The minimum absolute atomic E-state index is 0.314. The van der Waals surface area contributed by atoms with E-state index in [1.165, 1.54) is 5.56 Å². The molecule has 2 heteroatoms. The van der Waals surface area contributed by atoms with Gasteiger partial charge in [-0.3, -0.25) is 0 Å². The Morgan fingerprint density at radius 1 is 1.27 bits per heavy atom. The molecule has 0 heterocycles. The number of carbonyl (C=O) groups is 1. The van der Waals surface area contributed by atoms with E-state index in [2.05, 4.69) is 12.1 Å². The predicted molar refractivity (Wildman–Crippen MR) is 58.7 cm³/mol. The number of aliphatic carboxylic acids is 1. The van der Waals surface area contributed by atoms with Crippen LogP contribution in [0, 0.1) is 0 Å². The second-order valence-electron chi connectivity index (χ2n) is 3.58. The molecule has 1 aliphatic rings. The van der Waals surface area contributed by atoms with Gasteiger partial charge in [-0.2, -0.15) is 0 Å². The Labute approximate surface area is 88.6 Å². The summed E-state index contributed by atoms with van der Waals surface area (Å²) in [6.45, 7) is 0. The summed E-state index contributed by atoms with van der Waals surface area (Å²) in [5.74, 6) is -0.535. The van der Waals surface area contributed by atoms with Gasteiger partial charge in [0, 0.05) is 5.92 Å². The van der Waals surface area contributed by atoms with E-state index in [-0.39, 0.29) is 0 Å². The van der Waals surface area contributed by atoms with Gasteiger partial charge in [0.15, 0.2) is 0 Å². The SMILES string of the molecule is O=C(O)C1=CCC(c2ccccc2)C=C1. The Morgan fingerprint density at radius 2 is 2.00 bits per heavy atom. The van der Waals surface area contributed by atoms with Crippen molar-refractivity contribution in [1.29, 1.82) is 0 Å². The van der Waals surface area contributed by atoms with Crippen LogP contribution >= 0.6 is 0 Å². The van der Waals surface area contributed by atoms with Crippen LogP contribution in [-0.2, 0) is 4.79 Å². The monoisotopic (exact) mass is 200 g/mol. The van der Waals surface area contributed by atoms with Crippen molar-refractivity contribution in [3.05, 3.63) is 59.7 Å². The van der Waals surface area contributed by atoms with Gasteiger partial charge in [0.2, 0.25) is 0 Å². The van der Waals surface area contributed by atoms with Crippen LogP contribution in [0.1, 0.15) is 17.9 Å². The maximum absolute atomic E-state index is 10.7. The number of carboxylic acids is 1. The zero-order valence-corrected chi connectivity index (χ0v) is 8.26. The normalized spacial score (nSPS) is 19.7.